The van der Waals surface area contributed by atoms with Crippen LogP contribution in [0.4, 0.5) is 10.1 Å². The maximum absolute atomic E-state index is 12.9. The summed E-state index contributed by atoms with van der Waals surface area (Å²) in [5, 5.41) is 5.70. The molecule has 1 atom stereocenters. The third-order valence-electron chi connectivity index (χ3n) is 3.93. The highest BCUT2D eigenvalue weighted by Crippen LogP contribution is 2.30. The van der Waals surface area contributed by atoms with Crippen LogP contribution in [0.15, 0.2) is 47.4 Å². The quantitative estimate of drug-likeness (QED) is 0.760. The summed E-state index contributed by atoms with van der Waals surface area (Å²) in [7, 11) is 0. The molecule has 1 aliphatic heterocycles. The number of hydrogen-bond donors (Lipinski definition) is 2. The van der Waals surface area contributed by atoms with Crippen LogP contribution >= 0.6 is 11.8 Å². The van der Waals surface area contributed by atoms with Crippen LogP contribution in [-0.4, -0.2) is 24.2 Å². The number of hydrogen-bond acceptors (Lipinski definition) is 4. The van der Waals surface area contributed by atoms with Gasteiger partial charge in [-0.3, -0.25) is 9.59 Å². The Morgan fingerprint density at radius 1 is 1.31 bits per heavy atom. The summed E-state index contributed by atoms with van der Waals surface area (Å²) < 4.78 is 18.2. The van der Waals surface area contributed by atoms with Gasteiger partial charge in [-0.2, -0.15) is 0 Å². The van der Waals surface area contributed by atoms with Crippen LogP contribution in [0.5, 0.6) is 5.75 Å². The summed E-state index contributed by atoms with van der Waals surface area (Å²) in [4.78, 5) is 24.5. The molecule has 0 aromatic heterocycles. The molecule has 26 heavy (non-hydrogen) atoms. The predicted molar refractivity (Wildman–Crippen MR) is 98.9 cm³/mol. The summed E-state index contributed by atoms with van der Waals surface area (Å²) in [6.45, 7) is 1.91. The van der Waals surface area contributed by atoms with E-state index < -0.39 is 0 Å². The largest absolute Gasteiger partial charge is 0.482 e. The lowest BCUT2D eigenvalue weighted by Gasteiger charge is -2.21. The maximum Gasteiger partial charge on any atom is 0.262 e. The number of ether oxygens (including phenoxy) is 1. The highest BCUT2D eigenvalue weighted by molar-refractivity contribution is 7.99. The number of anilines is 1. The number of rotatable bonds is 6. The van der Waals surface area contributed by atoms with E-state index >= 15 is 0 Å². The molecule has 2 aromatic carbocycles. The lowest BCUT2D eigenvalue weighted by Crippen LogP contribution is -2.28. The standard InChI is InChI=1S/C19H19FN2O3S/c1-12(13-2-7-17-16(10-13)22-19(24)11-25-17)21-18(23)8-9-26-15-5-3-14(20)4-6-15/h2-7,10,12H,8-9,11H2,1H3,(H,21,23)(H,22,24). The molecule has 2 amide bonds. The molecule has 1 aliphatic rings. The lowest BCUT2D eigenvalue weighted by atomic mass is 10.1. The van der Waals surface area contributed by atoms with E-state index in [9.17, 15) is 14.0 Å². The van der Waals surface area contributed by atoms with E-state index in [0.717, 1.165) is 10.5 Å². The summed E-state index contributed by atoms with van der Waals surface area (Å²) >= 11 is 1.51. The van der Waals surface area contributed by atoms with Crippen LogP contribution in [-0.2, 0) is 9.59 Å². The minimum Gasteiger partial charge on any atom is -0.482 e. The van der Waals surface area contributed by atoms with Gasteiger partial charge in [0.1, 0.15) is 11.6 Å². The lowest BCUT2D eigenvalue weighted by molar-refractivity contribution is -0.121. The molecular weight excluding hydrogens is 355 g/mol. The molecule has 136 valence electrons. The van der Waals surface area contributed by atoms with Gasteiger partial charge in [-0.1, -0.05) is 6.07 Å². The van der Waals surface area contributed by atoms with E-state index in [1.807, 2.05) is 19.1 Å². The van der Waals surface area contributed by atoms with Gasteiger partial charge in [-0.25, -0.2) is 4.39 Å². The Balaban J connectivity index is 1.50. The average Bonchev–Trinajstić information content (AvgIpc) is 2.62. The molecule has 7 heteroatoms. The molecule has 2 N–H and O–H groups in total. The number of fused-ring (bicyclic) bond motifs is 1. The fourth-order valence-electron chi connectivity index (χ4n) is 2.56. The van der Waals surface area contributed by atoms with E-state index in [2.05, 4.69) is 10.6 Å². The number of carbonyl (C=O) groups is 2. The minimum absolute atomic E-state index is 0.0182. The number of nitrogens with one attached hydrogen (secondary N) is 2. The van der Waals surface area contributed by atoms with Gasteiger partial charge in [0.25, 0.3) is 5.91 Å². The zero-order chi connectivity index (χ0) is 18.5. The van der Waals surface area contributed by atoms with Crippen LogP contribution in [0.2, 0.25) is 0 Å². The van der Waals surface area contributed by atoms with Crippen molar-refractivity contribution in [1.82, 2.24) is 5.32 Å². The Labute approximate surface area is 155 Å². The van der Waals surface area contributed by atoms with Gasteiger partial charge in [0, 0.05) is 17.1 Å². The Morgan fingerprint density at radius 3 is 2.85 bits per heavy atom. The van der Waals surface area contributed by atoms with Crippen LogP contribution in [0.25, 0.3) is 0 Å². The van der Waals surface area contributed by atoms with Crippen molar-refractivity contribution < 1.29 is 18.7 Å². The molecule has 0 bridgehead atoms. The van der Waals surface area contributed by atoms with E-state index in [1.54, 1.807) is 18.2 Å². The van der Waals surface area contributed by atoms with Gasteiger partial charge in [0.15, 0.2) is 6.61 Å². The zero-order valence-corrected chi connectivity index (χ0v) is 15.1. The van der Waals surface area contributed by atoms with Gasteiger partial charge in [0.2, 0.25) is 5.91 Å². The van der Waals surface area contributed by atoms with E-state index in [-0.39, 0.29) is 30.3 Å². The molecule has 1 heterocycles. The highest BCUT2D eigenvalue weighted by atomic mass is 32.2. The van der Waals surface area contributed by atoms with Gasteiger partial charge in [0.05, 0.1) is 11.7 Å². The summed E-state index contributed by atoms with van der Waals surface area (Å²) in [6.07, 6.45) is 0.358. The maximum atomic E-state index is 12.9. The molecule has 2 aromatic rings. The second-order valence-corrected chi connectivity index (χ2v) is 7.10. The topological polar surface area (TPSA) is 67.4 Å². The first-order valence-electron chi connectivity index (χ1n) is 8.25. The normalized spacial score (nSPS) is 14.0. The van der Waals surface area contributed by atoms with Crippen molar-refractivity contribution in [1.29, 1.82) is 0 Å². The third-order valence-corrected chi connectivity index (χ3v) is 4.94. The van der Waals surface area contributed by atoms with Crippen molar-refractivity contribution in [3.05, 3.63) is 53.8 Å². The highest BCUT2D eigenvalue weighted by Gasteiger charge is 2.18. The Bertz CT molecular complexity index is 811. The van der Waals surface area contributed by atoms with Crippen molar-refractivity contribution in [3.8, 4) is 5.75 Å². The van der Waals surface area contributed by atoms with Gasteiger partial charge in [-0.05, 0) is 48.9 Å². The van der Waals surface area contributed by atoms with Crippen LogP contribution in [0.1, 0.15) is 24.9 Å². The first-order valence-corrected chi connectivity index (χ1v) is 9.24. The third kappa shape index (κ3) is 4.76. The average molecular weight is 374 g/mol. The van der Waals surface area contributed by atoms with Gasteiger partial charge < -0.3 is 15.4 Å². The van der Waals surface area contributed by atoms with Crippen molar-refractivity contribution in [2.75, 3.05) is 17.7 Å². The molecule has 0 saturated heterocycles. The van der Waals surface area contributed by atoms with E-state index in [0.29, 0.717) is 23.6 Å². The monoisotopic (exact) mass is 374 g/mol. The smallest absolute Gasteiger partial charge is 0.262 e. The van der Waals surface area contributed by atoms with Gasteiger partial charge >= 0.3 is 0 Å². The number of halogens is 1. The molecule has 5 nitrogen and oxygen atoms in total. The molecular formula is C19H19FN2O3S. The summed E-state index contributed by atoms with van der Waals surface area (Å²) in [5.74, 6) is 0.711. The molecule has 0 radical (unpaired) electrons. The van der Waals surface area contributed by atoms with Crippen molar-refractivity contribution >= 4 is 29.3 Å². The zero-order valence-electron chi connectivity index (χ0n) is 14.3. The fraction of sp³-hybridized carbons (Fsp3) is 0.263. The number of benzene rings is 2. The number of thioether (sulfide) groups is 1. The van der Waals surface area contributed by atoms with Crippen molar-refractivity contribution in [2.45, 2.75) is 24.3 Å². The van der Waals surface area contributed by atoms with Crippen LogP contribution < -0.4 is 15.4 Å². The van der Waals surface area contributed by atoms with Crippen LogP contribution in [0.3, 0.4) is 0 Å². The first kappa shape index (κ1) is 18.3. The second-order valence-electron chi connectivity index (χ2n) is 5.93. The predicted octanol–water partition coefficient (Wildman–Crippen LogP) is 3.52. The fourth-order valence-corrected chi connectivity index (χ4v) is 3.41. The number of amides is 2. The number of carbonyl (C=O) groups excluding carboxylic acids is 2. The second kappa shape index (κ2) is 8.23. The molecule has 0 saturated carbocycles. The molecule has 3 rings (SSSR count). The van der Waals surface area contributed by atoms with Crippen molar-refractivity contribution in [3.63, 3.8) is 0 Å². The van der Waals surface area contributed by atoms with Gasteiger partial charge in [-0.15, -0.1) is 11.8 Å². The minimum atomic E-state index is -0.271. The Kier molecular flexibility index (Phi) is 5.78. The van der Waals surface area contributed by atoms with E-state index in [1.165, 1.54) is 23.9 Å². The summed E-state index contributed by atoms with van der Waals surface area (Å²) in [6, 6.07) is 11.5. The molecule has 0 aliphatic carbocycles. The van der Waals surface area contributed by atoms with Crippen molar-refractivity contribution in [2.24, 2.45) is 0 Å². The molecule has 1 unspecified atom stereocenters. The molecule has 0 fully saturated rings. The van der Waals surface area contributed by atoms with E-state index in [4.69, 9.17) is 4.74 Å². The van der Waals surface area contributed by atoms with Crippen LogP contribution in [0, 0.1) is 5.82 Å². The Morgan fingerprint density at radius 2 is 2.08 bits per heavy atom. The molecule has 0 spiro atoms. The summed E-state index contributed by atoms with van der Waals surface area (Å²) in [5.41, 5.74) is 1.50. The first-order chi connectivity index (χ1) is 12.5. The Hall–Kier alpha value is -2.54. The SMILES string of the molecule is CC(NC(=O)CCSc1ccc(F)cc1)c1ccc2c(c1)NC(=O)CO2.